The molecule has 2 aromatic rings. The molecule has 0 saturated carbocycles. The van der Waals surface area contributed by atoms with Crippen LogP contribution in [0.25, 0.3) is 0 Å². The fraction of sp³-hybridized carbons (Fsp3) is 0.200. The molecule has 0 atom stereocenters. The molecule has 0 amide bonds. The molecule has 0 saturated heterocycles. The number of halogens is 2. The Balaban J connectivity index is 2.23. The van der Waals surface area contributed by atoms with E-state index in [0.29, 0.717) is 27.6 Å². The Morgan fingerprint density at radius 2 is 2.00 bits per heavy atom. The number of hydrogen-bond acceptors (Lipinski definition) is 3. The van der Waals surface area contributed by atoms with Crippen LogP contribution in [0.1, 0.15) is 11.1 Å². The quantitative estimate of drug-likeness (QED) is 0.917. The molecule has 106 valence electrons. The van der Waals surface area contributed by atoms with Gasteiger partial charge in [-0.2, -0.15) is 0 Å². The van der Waals surface area contributed by atoms with Gasteiger partial charge in [0.05, 0.1) is 18.7 Å². The number of aliphatic hydroxyl groups is 1. The van der Waals surface area contributed by atoms with Gasteiger partial charge < -0.3 is 14.6 Å². The van der Waals surface area contributed by atoms with Crippen LogP contribution in [0.5, 0.6) is 11.5 Å². The molecule has 0 heterocycles. The first-order valence-corrected chi connectivity index (χ1v) is 6.37. The minimum atomic E-state index is -0.338. The third-order valence-corrected chi connectivity index (χ3v) is 3.08. The van der Waals surface area contributed by atoms with Gasteiger partial charge >= 0.3 is 0 Å². The van der Waals surface area contributed by atoms with Crippen molar-refractivity contribution in [3.05, 3.63) is 58.4 Å². The van der Waals surface area contributed by atoms with Crippen molar-refractivity contribution in [3.8, 4) is 11.5 Å². The van der Waals surface area contributed by atoms with E-state index in [0.717, 1.165) is 0 Å². The number of methoxy groups -OCH3 is 1. The summed E-state index contributed by atoms with van der Waals surface area (Å²) in [5.41, 5.74) is 1.04. The zero-order valence-corrected chi connectivity index (χ0v) is 11.7. The molecule has 0 aliphatic rings. The van der Waals surface area contributed by atoms with Gasteiger partial charge in [-0.05, 0) is 23.8 Å². The second-order valence-corrected chi connectivity index (χ2v) is 4.55. The van der Waals surface area contributed by atoms with Crippen LogP contribution in [0.3, 0.4) is 0 Å². The maximum absolute atomic E-state index is 13.5. The molecule has 2 aromatic carbocycles. The minimum Gasteiger partial charge on any atom is -0.493 e. The highest BCUT2D eigenvalue weighted by Crippen LogP contribution is 2.37. The van der Waals surface area contributed by atoms with Crippen LogP contribution in [-0.2, 0) is 13.2 Å². The fourth-order valence-corrected chi connectivity index (χ4v) is 2.06. The second kappa shape index (κ2) is 6.59. The van der Waals surface area contributed by atoms with Crippen LogP contribution in [0.4, 0.5) is 4.39 Å². The molecule has 20 heavy (non-hydrogen) atoms. The summed E-state index contributed by atoms with van der Waals surface area (Å²) in [6.07, 6.45) is 0. The summed E-state index contributed by atoms with van der Waals surface area (Å²) in [7, 11) is 1.47. The van der Waals surface area contributed by atoms with Gasteiger partial charge in [-0.15, -0.1) is 0 Å². The molecule has 0 spiro atoms. The van der Waals surface area contributed by atoms with Crippen LogP contribution in [0.15, 0.2) is 36.4 Å². The van der Waals surface area contributed by atoms with E-state index >= 15 is 0 Å². The van der Waals surface area contributed by atoms with Gasteiger partial charge in [0.15, 0.2) is 11.5 Å². The Labute approximate surface area is 121 Å². The zero-order valence-electron chi connectivity index (χ0n) is 10.9. The topological polar surface area (TPSA) is 38.7 Å². The van der Waals surface area contributed by atoms with E-state index < -0.39 is 0 Å². The highest BCUT2D eigenvalue weighted by Gasteiger charge is 2.13. The average Bonchev–Trinajstić information content (AvgIpc) is 2.46. The molecular formula is C15H14ClFO3. The normalized spacial score (nSPS) is 10.4. The van der Waals surface area contributed by atoms with Crippen LogP contribution < -0.4 is 9.47 Å². The lowest BCUT2D eigenvalue weighted by Crippen LogP contribution is -2.01. The van der Waals surface area contributed by atoms with E-state index in [9.17, 15) is 4.39 Å². The van der Waals surface area contributed by atoms with Crippen molar-refractivity contribution in [1.29, 1.82) is 0 Å². The first-order valence-electron chi connectivity index (χ1n) is 5.99. The Morgan fingerprint density at radius 3 is 2.65 bits per heavy atom. The fourth-order valence-electron chi connectivity index (χ4n) is 1.77. The van der Waals surface area contributed by atoms with Gasteiger partial charge in [-0.1, -0.05) is 29.8 Å². The highest BCUT2D eigenvalue weighted by molar-refractivity contribution is 6.32. The smallest absolute Gasteiger partial charge is 0.180 e. The van der Waals surface area contributed by atoms with Gasteiger partial charge in [0.1, 0.15) is 12.4 Å². The summed E-state index contributed by atoms with van der Waals surface area (Å²) in [5.74, 6) is 0.391. The van der Waals surface area contributed by atoms with Crippen molar-refractivity contribution in [2.45, 2.75) is 13.2 Å². The average molecular weight is 297 g/mol. The molecule has 5 heteroatoms. The minimum absolute atomic E-state index is 0.0429. The number of rotatable bonds is 5. The van der Waals surface area contributed by atoms with Crippen molar-refractivity contribution in [2.75, 3.05) is 7.11 Å². The standard InChI is InChI=1S/C15H14ClFO3/c1-19-14-7-10(8-18)6-12(16)15(14)20-9-11-4-2-3-5-13(11)17/h2-7,18H,8-9H2,1H3. The summed E-state index contributed by atoms with van der Waals surface area (Å²) >= 11 is 6.09. The third kappa shape index (κ3) is 3.21. The molecule has 1 N–H and O–H groups in total. The van der Waals surface area contributed by atoms with Crippen LogP contribution >= 0.6 is 11.6 Å². The molecule has 3 nitrogen and oxygen atoms in total. The Kier molecular flexibility index (Phi) is 4.82. The van der Waals surface area contributed by atoms with E-state index in [1.54, 1.807) is 30.3 Å². The van der Waals surface area contributed by atoms with E-state index in [1.165, 1.54) is 13.2 Å². The number of hydrogen-bond donors (Lipinski definition) is 1. The van der Waals surface area contributed by atoms with Gasteiger partial charge in [-0.3, -0.25) is 0 Å². The van der Waals surface area contributed by atoms with E-state index in [-0.39, 0.29) is 19.0 Å². The van der Waals surface area contributed by atoms with Gasteiger partial charge in [0.2, 0.25) is 0 Å². The lowest BCUT2D eigenvalue weighted by Gasteiger charge is -2.14. The second-order valence-electron chi connectivity index (χ2n) is 4.15. The Morgan fingerprint density at radius 1 is 1.25 bits per heavy atom. The summed E-state index contributed by atoms with van der Waals surface area (Å²) in [4.78, 5) is 0. The Hall–Kier alpha value is -1.78. The molecule has 0 fully saturated rings. The lowest BCUT2D eigenvalue weighted by molar-refractivity contribution is 0.272. The Bertz CT molecular complexity index is 602. The first kappa shape index (κ1) is 14.6. The van der Waals surface area contributed by atoms with E-state index in [4.69, 9.17) is 26.2 Å². The van der Waals surface area contributed by atoms with E-state index in [2.05, 4.69) is 0 Å². The molecular weight excluding hydrogens is 283 g/mol. The molecule has 0 aliphatic heterocycles. The van der Waals surface area contributed by atoms with Crippen LogP contribution in [-0.4, -0.2) is 12.2 Å². The van der Waals surface area contributed by atoms with Crippen molar-refractivity contribution >= 4 is 11.6 Å². The van der Waals surface area contributed by atoms with Gasteiger partial charge in [-0.25, -0.2) is 4.39 Å². The number of ether oxygens (including phenoxy) is 2. The van der Waals surface area contributed by atoms with Crippen LogP contribution in [0.2, 0.25) is 5.02 Å². The molecule has 0 radical (unpaired) electrons. The third-order valence-electron chi connectivity index (χ3n) is 2.80. The predicted molar refractivity (Wildman–Crippen MR) is 74.7 cm³/mol. The van der Waals surface area contributed by atoms with Crippen molar-refractivity contribution in [1.82, 2.24) is 0 Å². The molecule has 0 unspecified atom stereocenters. The molecule has 2 rings (SSSR count). The van der Waals surface area contributed by atoms with E-state index in [1.807, 2.05) is 0 Å². The number of benzene rings is 2. The van der Waals surface area contributed by atoms with Crippen molar-refractivity contribution in [3.63, 3.8) is 0 Å². The maximum atomic E-state index is 13.5. The maximum Gasteiger partial charge on any atom is 0.180 e. The SMILES string of the molecule is COc1cc(CO)cc(Cl)c1OCc1ccccc1F. The lowest BCUT2D eigenvalue weighted by atomic mass is 10.2. The van der Waals surface area contributed by atoms with Crippen LogP contribution in [0, 0.1) is 5.82 Å². The molecule has 0 aromatic heterocycles. The van der Waals surface area contributed by atoms with Gasteiger partial charge in [0, 0.05) is 5.56 Å². The summed E-state index contributed by atoms with van der Waals surface area (Å²) in [6, 6.07) is 9.56. The number of aliphatic hydroxyl groups excluding tert-OH is 1. The summed E-state index contributed by atoms with van der Waals surface area (Å²) < 4.78 is 24.2. The summed E-state index contributed by atoms with van der Waals surface area (Å²) in [6.45, 7) is -0.106. The zero-order chi connectivity index (χ0) is 14.5. The van der Waals surface area contributed by atoms with Crippen molar-refractivity contribution in [2.24, 2.45) is 0 Å². The largest absolute Gasteiger partial charge is 0.493 e. The molecule has 0 aliphatic carbocycles. The first-order chi connectivity index (χ1) is 9.65. The van der Waals surface area contributed by atoms with Crippen molar-refractivity contribution < 1.29 is 19.0 Å². The molecule has 0 bridgehead atoms. The van der Waals surface area contributed by atoms with Gasteiger partial charge in [0.25, 0.3) is 0 Å². The highest BCUT2D eigenvalue weighted by atomic mass is 35.5. The predicted octanol–water partition coefficient (Wildman–Crippen LogP) is 3.56. The summed E-state index contributed by atoms with van der Waals surface area (Å²) in [5, 5.41) is 9.42. The monoisotopic (exact) mass is 296 g/mol.